The number of thioether (sulfide) groups is 1. The zero-order valence-corrected chi connectivity index (χ0v) is 28.2. The van der Waals surface area contributed by atoms with E-state index >= 15 is 0 Å². The second-order valence-electron chi connectivity index (χ2n) is 11.4. The molecule has 0 saturated carbocycles. The maximum absolute atomic E-state index is 14.4. The van der Waals surface area contributed by atoms with Crippen LogP contribution in [0.1, 0.15) is 41.7 Å². The quantitative estimate of drug-likeness (QED) is 0.0513. The minimum atomic E-state index is -1.13. The first-order valence-electron chi connectivity index (χ1n) is 16.2. The van der Waals surface area contributed by atoms with Gasteiger partial charge in [0.05, 0.1) is 17.6 Å². The van der Waals surface area contributed by atoms with Gasteiger partial charge in [0.1, 0.15) is 17.9 Å². The molecule has 4 aromatic carbocycles. The molecule has 1 atom stereocenters. The van der Waals surface area contributed by atoms with Crippen molar-refractivity contribution in [2.45, 2.75) is 31.1 Å². The highest BCUT2D eigenvalue weighted by Gasteiger charge is 2.53. The van der Waals surface area contributed by atoms with Crippen LogP contribution >= 0.6 is 11.8 Å². The normalized spacial score (nSPS) is 14.9. The number of rotatable bonds is 14. The molecule has 49 heavy (non-hydrogen) atoms. The van der Waals surface area contributed by atoms with E-state index in [2.05, 4.69) is 10.1 Å². The Morgan fingerprint density at radius 2 is 1.37 bits per heavy atom. The number of benzene rings is 4. The van der Waals surface area contributed by atoms with Crippen LogP contribution in [0.4, 0.5) is 4.79 Å². The van der Waals surface area contributed by atoms with Crippen molar-refractivity contribution in [3.8, 4) is 11.6 Å². The Balaban J connectivity index is 1.12. The van der Waals surface area contributed by atoms with Crippen molar-refractivity contribution < 1.29 is 23.9 Å². The molecule has 0 radical (unpaired) electrons. The van der Waals surface area contributed by atoms with Crippen LogP contribution in [-0.2, 0) is 21.6 Å². The van der Waals surface area contributed by atoms with Crippen LogP contribution in [-0.4, -0.2) is 51.8 Å². The first-order chi connectivity index (χ1) is 24.0. The number of hydrogen-bond donors (Lipinski definition) is 0. The van der Waals surface area contributed by atoms with E-state index in [1.165, 1.54) is 4.90 Å². The van der Waals surface area contributed by atoms with Crippen LogP contribution in [0.3, 0.4) is 0 Å². The Bertz CT molecular complexity index is 1770. The van der Waals surface area contributed by atoms with Crippen LogP contribution in [0, 0.1) is 0 Å². The lowest BCUT2D eigenvalue weighted by Crippen LogP contribution is -2.51. The van der Waals surface area contributed by atoms with Gasteiger partial charge in [-0.15, -0.1) is 0 Å². The van der Waals surface area contributed by atoms with E-state index in [1.54, 1.807) is 12.3 Å². The zero-order valence-electron chi connectivity index (χ0n) is 27.4. The fourth-order valence-electron chi connectivity index (χ4n) is 5.97. The summed E-state index contributed by atoms with van der Waals surface area (Å²) in [5.41, 5.74) is 3.87. The van der Waals surface area contributed by atoms with Crippen LogP contribution in [0.5, 0.6) is 11.6 Å². The molecule has 0 spiro atoms. The fraction of sp³-hybridized carbons (Fsp3) is 0.200. The molecule has 0 aliphatic carbocycles. The number of carbonyl (C=O) groups excluding carboxylic acids is 2. The summed E-state index contributed by atoms with van der Waals surface area (Å²) in [7, 11) is 0. The summed E-state index contributed by atoms with van der Waals surface area (Å²) in [6.45, 7) is 4.89. The van der Waals surface area contributed by atoms with E-state index in [9.17, 15) is 9.59 Å². The van der Waals surface area contributed by atoms with Gasteiger partial charge in [-0.3, -0.25) is 14.5 Å². The van der Waals surface area contributed by atoms with E-state index in [0.29, 0.717) is 37.0 Å². The van der Waals surface area contributed by atoms with Gasteiger partial charge < -0.3 is 14.3 Å². The first-order valence-corrected chi connectivity index (χ1v) is 17.1. The third-order valence-corrected chi connectivity index (χ3v) is 9.30. The summed E-state index contributed by atoms with van der Waals surface area (Å²) < 4.78 is 11.2. The van der Waals surface area contributed by atoms with E-state index in [4.69, 9.17) is 14.3 Å². The Labute approximate surface area is 290 Å². The highest BCUT2D eigenvalue weighted by Crippen LogP contribution is 2.47. The van der Waals surface area contributed by atoms with E-state index in [-0.39, 0.29) is 17.8 Å². The van der Waals surface area contributed by atoms with Crippen LogP contribution in [0.15, 0.2) is 139 Å². The summed E-state index contributed by atoms with van der Waals surface area (Å²) in [5.74, 6) is 1.02. The molecule has 2 heterocycles. The molecule has 6 rings (SSSR count). The van der Waals surface area contributed by atoms with Crippen LogP contribution in [0.25, 0.3) is 0 Å². The molecule has 2 amide bonds. The summed E-state index contributed by atoms with van der Waals surface area (Å²) in [5, 5.41) is 3.31. The largest absolute Gasteiger partial charge is 0.490 e. The van der Waals surface area contributed by atoms with Gasteiger partial charge in [-0.1, -0.05) is 120 Å². The molecule has 1 unspecified atom stereocenters. The van der Waals surface area contributed by atoms with Gasteiger partial charge in [0.2, 0.25) is 11.8 Å². The molecule has 8 nitrogen and oxygen atoms in total. The van der Waals surface area contributed by atoms with E-state index in [0.717, 1.165) is 39.6 Å². The van der Waals surface area contributed by atoms with Crippen molar-refractivity contribution in [3.05, 3.63) is 161 Å². The summed E-state index contributed by atoms with van der Waals surface area (Å²) in [6, 6.07) is 40.6. The minimum Gasteiger partial charge on any atom is -0.490 e. The van der Waals surface area contributed by atoms with Gasteiger partial charge in [-0.25, -0.2) is 4.98 Å². The van der Waals surface area contributed by atoms with Gasteiger partial charge in [-0.2, -0.15) is 0 Å². The van der Waals surface area contributed by atoms with Gasteiger partial charge in [-0.05, 0) is 60.7 Å². The molecule has 1 aliphatic heterocycles. The highest BCUT2D eigenvalue weighted by atomic mass is 32.2. The highest BCUT2D eigenvalue weighted by molar-refractivity contribution is 8.15. The monoisotopic (exact) mass is 671 g/mol. The predicted octanol–water partition coefficient (Wildman–Crippen LogP) is 7.90. The number of amides is 2. The molecule has 9 heteroatoms. The van der Waals surface area contributed by atoms with Crippen molar-refractivity contribution in [2.75, 3.05) is 19.8 Å². The number of imide groups is 1. The predicted molar refractivity (Wildman–Crippen MR) is 192 cm³/mol. The van der Waals surface area contributed by atoms with Gasteiger partial charge in [0.25, 0.3) is 5.24 Å². The maximum atomic E-state index is 14.4. The van der Waals surface area contributed by atoms with Gasteiger partial charge in [0, 0.05) is 17.8 Å². The second-order valence-corrected chi connectivity index (χ2v) is 12.5. The van der Waals surface area contributed by atoms with Crippen molar-refractivity contribution in [1.29, 1.82) is 0 Å². The average Bonchev–Trinajstić information content (AvgIpc) is 3.42. The number of nitrogens with zero attached hydrogens (tertiary/aromatic N) is 3. The second kappa shape index (κ2) is 15.7. The Morgan fingerprint density at radius 3 is 1.90 bits per heavy atom. The zero-order chi connectivity index (χ0) is 34.1. The molecular formula is C40H37N3O5S. The average molecular weight is 672 g/mol. The molecule has 0 N–H and O–H groups in total. The van der Waals surface area contributed by atoms with Gasteiger partial charge in [0.15, 0.2) is 6.61 Å². The molecule has 248 valence electrons. The molecule has 1 fully saturated rings. The lowest BCUT2D eigenvalue weighted by molar-refractivity contribution is -0.129. The van der Waals surface area contributed by atoms with Crippen LogP contribution < -0.4 is 9.47 Å². The summed E-state index contributed by atoms with van der Waals surface area (Å²) >= 11 is 1.08. The van der Waals surface area contributed by atoms with Crippen LogP contribution in [0.2, 0.25) is 0 Å². The SMILES string of the molecule is CCOc1ccc(C(C)=NOCCOc2ccc(CC3SC(=O)N(C(c4ccccc4)(c4ccccc4)c4ccccc4)C3=O)cc2)cn1. The molecule has 1 aliphatic rings. The van der Waals surface area contributed by atoms with Crippen molar-refractivity contribution in [3.63, 3.8) is 0 Å². The number of ether oxygens (including phenoxy) is 2. The number of carbonyl (C=O) groups is 2. The topological polar surface area (TPSA) is 90.3 Å². The third-order valence-electron chi connectivity index (χ3n) is 8.27. The Kier molecular flexibility index (Phi) is 10.7. The maximum Gasteiger partial charge on any atom is 0.290 e. The van der Waals surface area contributed by atoms with Crippen molar-refractivity contribution in [1.82, 2.24) is 9.88 Å². The number of pyridine rings is 1. The minimum absolute atomic E-state index is 0.221. The lowest BCUT2D eigenvalue weighted by Gasteiger charge is -2.42. The molecular weight excluding hydrogens is 635 g/mol. The fourth-order valence-corrected chi connectivity index (χ4v) is 7.03. The van der Waals surface area contributed by atoms with E-state index in [1.807, 2.05) is 135 Å². The first kappa shape index (κ1) is 33.5. The molecule has 1 aromatic heterocycles. The third kappa shape index (κ3) is 7.37. The number of aromatic nitrogens is 1. The smallest absolute Gasteiger partial charge is 0.290 e. The number of hydrogen-bond acceptors (Lipinski definition) is 8. The van der Waals surface area contributed by atoms with E-state index < -0.39 is 10.8 Å². The lowest BCUT2D eigenvalue weighted by atomic mass is 9.75. The molecule has 0 bridgehead atoms. The Morgan fingerprint density at radius 1 is 0.776 bits per heavy atom. The molecule has 1 saturated heterocycles. The Hall–Kier alpha value is -5.41. The van der Waals surface area contributed by atoms with Crippen molar-refractivity contribution >= 4 is 28.6 Å². The van der Waals surface area contributed by atoms with Gasteiger partial charge >= 0.3 is 0 Å². The molecule has 5 aromatic rings. The standard InChI is InChI=1S/C40H37N3O5S/c1-3-46-37-24-21-31(28-41-37)29(2)42-48-26-25-47-35-22-19-30(20-23-35)27-36-38(44)43(39(45)49-36)40(32-13-7-4-8-14-32,33-15-9-5-10-16-33)34-17-11-6-12-18-34/h4-24,28,36H,3,25-27H2,1-2H3. The van der Waals surface area contributed by atoms with Crippen molar-refractivity contribution in [2.24, 2.45) is 5.16 Å². The number of oxime groups is 1. The summed E-state index contributed by atoms with van der Waals surface area (Å²) in [6.07, 6.45) is 2.10. The summed E-state index contributed by atoms with van der Waals surface area (Å²) in [4.78, 5) is 39.5.